The Morgan fingerprint density at radius 1 is 1.44 bits per heavy atom. The molecule has 1 aliphatic heterocycles. The first-order valence-electron chi connectivity index (χ1n) is 5.73. The molecule has 1 saturated heterocycles. The van der Waals surface area contributed by atoms with Crippen molar-refractivity contribution in [3.63, 3.8) is 0 Å². The Kier molecular flexibility index (Phi) is 3.78. The lowest BCUT2D eigenvalue weighted by Crippen LogP contribution is -2.38. The Bertz CT molecular complexity index is 424. The fourth-order valence-corrected chi connectivity index (χ4v) is 2.05. The number of hydrogen-bond acceptors (Lipinski definition) is 3. The normalized spacial score (nSPS) is 23.0. The molecule has 0 radical (unpaired) electrons. The van der Waals surface area contributed by atoms with Crippen LogP contribution in [0.5, 0.6) is 0 Å². The van der Waals surface area contributed by atoms with Crippen molar-refractivity contribution in [3.8, 4) is 0 Å². The number of nitrogens with zero attached hydrogens (tertiary/aromatic N) is 1. The lowest BCUT2D eigenvalue weighted by molar-refractivity contribution is -0.0788. The number of ether oxygens (including phenoxy) is 1. The molecular formula is C12H15FN2O3. The number of nitrogens with two attached hydrogens (primary N) is 1. The number of amides is 2. The Balaban J connectivity index is 1.92. The van der Waals surface area contributed by atoms with Crippen molar-refractivity contribution < 1.29 is 19.1 Å². The molecule has 1 aliphatic rings. The molecule has 18 heavy (non-hydrogen) atoms. The number of halogens is 1. The van der Waals surface area contributed by atoms with Crippen LogP contribution in [-0.4, -0.2) is 29.0 Å². The van der Waals surface area contributed by atoms with Crippen molar-refractivity contribution in [1.29, 1.82) is 0 Å². The number of benzene rings is 1. The lowest BCUT2D eigenvalue weighted by atomic mass is 10.1. The van der Waals surface area contributed by atoms with Gasteiger partial charge in [0.25, 0.3) is 0 Å². The van der Waals surface area contributed by atoms with E-state index in [-0.39, 0.29) is 24.6 Å². The molecule has 1 fully saturated rings. The molecule has 1 aromatic rings. The summed E-state index contributed by atoms with van der Waals surface area (Å²) in [5.74, 6) is -0.288. The topological polar surface area (TPSA) is 75.8 Å². The molecule has 0 saturated carbocycles. The van der Waals surface area contributed by atoms with E-state index in [0.717, 1.165) is 12.0 Å². The van der Waals surface area contributed by atoms with Crippen molar-refractivity contribution in [3.05, 3.63) is 35.6 Å². The van der Waals surface area contributed by atoms with Gasteiger partial charge in [0.15, 0.2) is 0 Å². The van der Waals surface area contributed by atoms with E-state index < -0.39 is 6.03 Å². The van der Waals surface area contributed by atoms with Gasteiger partial charge in [-0.2, -0.15) is 0 Å². The van der Waals surface area contributed by atoms with Crippen molar-refractivity contribution >= 4 is 6.03 Å². The number of urea groups is 1. The van der Waals surface area contributed by atoms with Crippen molar-refractivity contribution in [2.24, 2.45) is 5.73 Å². The smallest absolute Gasteiger partial charge is 0.338 e. The van der Waals surface area contributed by atoms with Gasteiger partial charge >= 0.3 is 6.03 Å². The zero-order chi connectivity index (χ0) is 13.1. The second kappa shape index (κ2) is 5.32. The van der Waals surface area contributed by atoms with Gasteiger partial charge in [-0.25, -0.2) is 14.2 Å². The van der Waals surface area contributed by atoms with E-state index in [2.05, 4.69) is 0 Å². The molecule has 2 unspecified atom stereocenters. The van der Waals surface area contributed by atoms with Crippen molar-refractivity contribution in [1.82, 2.24) is 5.06 Å². The zero-order valence-corrected chi connectivity index (χ0v) is 9.75. The van der Waals surface area contributed by atoms with Gasteiger partial charge in [0, 0.05) is 0 Å². The third-order valence-corrected chi connectivity index (χ3v) is 2.98. The molecule has 6 heteroatoms. The number of primary amides is 1. The maximum Gasteiger partial charge on any atom is 0.338 e. The van der Waals surface area contributed by atoms with Crippen LogP contribution in [0.1, 0.15) is 24.5 Å². The van der Waals surface area contributed by atoms with E-state index in [9.17, 15) is 14.4 Å². The predicted octanol–water partition coefficient (Wildman–Crippen LogP) is 1.82. The molecule has 5 nitrogen and oxygen atoms in total. The standard InChI is InChI=1S/C12H15FN2O3/c13-9-3-1-8(2-4-9)11-6-5-10(18-11)7-15(17)12(14)16/h1-4,10-11,17H,5-7H2,(H2,14,16). The second-order valence-corrected chi connectivity index (χ2v) is 4.30. The van der Waals surface area contributed by atoms with Crippen molar-refractivity contribution in [2.45, 2.75) is 25.0 Å². The van der Waals surface area contributed by atoms with E-state index in [4.69, 9.17) is 10.5 Å². The fraction of sp³-hybridized carbons (Fsp3) is 0.417. The second-order valence-electron chi connectivity index (χ2n) is 4.30. The summed E-state index contributed by atoms with van der Waals surface area (Å²) in [5, 5.41) is 9.65. The lowest BCUT2D eigenvalue weighted by Gasteiger charge is -2.18. The predicted molar refractivity (Wildman–Crippen MR) is 61.3 cm³/mol. The van der Waals surface area contributed by atoms with E-state index in [0.29, 0.717) is 11.5 Å². The largest absolute Gasteiger partial charge is 0.368 e. The van der Waals surface area contributed by atoms with Crippen LogP contribution in [0.4, 0.5) is 9.18 Å². The molecule has 0 spiro atoms. The van der Waals surface area contributed by atoms with E-state index in [1.54, 1.807) is 12.1 Å². The molecular weight excluding hydrogens is 239 g/mol. The van der Waals surface area contributed by atoms with Crippen LogP contribution < -0.4 is 5.73 Å². The molecule has 2 amide bonds. The van der Waals surface area contributed by atoms with Gasteiger partial charge in [0.1, 0.15) is 5.82 Å². The fourth-order valence-electron chi connectivity index (χ4n) is 2.05. The molecule has 3 N–H and O–H groups in total. The van der Waals surface area contributed by atoms with Gasteiger partial charge in [0.05, 0.1) is 18.8 Å². The average Bonchev–Trinajstić information content (AvgIpc) is 2.78. The first-order chi connectivity index (χ1) is 8.56. The Labute approximate surface area is 104 Å². The van der Waals surface area contributed by atoms with Crippen LogP contribution in [0.3, 0.4) is 0 Å². The van der Waals surface area contributed by atoms with Gasteiger partial charge < -0.3 is 10.5 Å². The summed E-state index contributed by atoms with van der Waals surface area (Å²) in [6, 6.07) is 5.21. The van der Waals surface area contributed by atoms with E-state index in [1.165, 1.54) is 12.1 Å². The SMILES string of the molecule is NC(=O)N(O)CC1CCC(c2ccc(F)cc2)O1. The van der Waals surface area contributed by atoms with Crippen LogP contribution in [0.25, 0.3) is 0 Å². The minimum Gasteiger partial charge on any atom is -0.368 e. The van der Waals surface area contributed by atoms with E-state index in [1.807, 2.05) is 0 Å². The highest BCUT2D eigenvalue weighted by Crippen LogP contribution is 2.32. The van der Waals surface area contributed by atoms with Gasteiger partial charge in [-0.1, -0.05) is 12.1 Å². The Hall–Kier alpha value is -1.66. The van der Waals surface area contributed by atoms with Crippen LogP contribution in [0.2, 0.25) is 0 Å². The average molecular weight is 254 g/mol. The molecule has 0 bridgehead atoms. The van der Waals surface area contributed by atoms with Crippen LogP contribution in [0, 0.1) is 5.82 Å². The molecule has 0 aliphatic carbocycles. The quantitative estimate of drug-likeness (QED) is 0.638. The van der Waals surface area contributed by atoms with Crippen LogP contribution in [0.15, 0.2) is 24.3 Å². The van der Waals surface area contributed by atoms with E-state index >= 15 is 0 Å². The number of hydroxylamine groups is 2. The van der Waals surface area contributed by atoms with Crippen molar-refractivity contribution in [2.75, 3.05) is 6.54 Å². The number of carbonyl (C=O) groups excluding carboxylic acids is 1. The molecule has 98 valence electrons. The van der Waals surface area contributed by atoms with Crippen LogP contribution >= 0.6 is 0 Å². The summed E-state index contributed by atoms with van der Waals surface area (Å²) in [4.78, 5) is 10.7. The maximum absolute atomic E-state index is 12.8. The van der Waals surface area contributed by atoms with Gasteiger partial charge in [-0.15, -0.1) is 0 Å². The molecule has 2 rings (SSSR count). The third-order valence-electron chi connectivity index (χ3n) is 2.98. The Morgan fingerprint density at radius 2 is 2.11 bits per heavy atom. The summed E-state index contributed by atoms with van der Waals surface area (Å²) in [6.45, 7) is 0.0486. The number of carbonyl (C=O) groups is 1. The minimum absolute atomic E-state index is 0.0486. The molecule has 1 aromatic carbocycles. The summed E-state index contributed by atoms with van der Waals surface area (Å²) >= 11 is 0. The minimum atomic E-state index is -0.899. The monoisotopic (exact) mass is 254 g/mol. The summed E-state index contributed by atoms with van der Waals surface area (Å²) in [7, 11) is 0. The molecule has 2 atom stereocenters. The highest BCUT2D eigenvalue weighted by atomic mass is 19.1. The van der Waals surface area contributed by atoms with Gasteiger partial charge in [-0.05, 0) is 30.5 Å². The summed E-state index contributed by atoms with van der Waals surface area (Å²) in [5.41, 5.74) is 5.81. The number of hydrogen-bond donors (Lipinski definition) is 2. The number of rotatable bonds is 3. The van der Waals surface area contributed by atoms with Gasteiger partial charge in [0.2, 0.25) is 0 Å². The molecule has 0 aromatic heterocycles. The third kappa shape index (κ3) is 2.96. The first-order valence-corrected chi connectivity index (χ1v) is 5.73. The maximum atomic E-state index is 12.8. The molecule has 1 heterocycles. The van der Waals surface area contributed by atoms with Gasteiger partial charge in [-0.3, -0.25) is 5.21 Å². The highest BCUT2D eigenvalue weighted by molar-refractivity contribution is 5.70. The Morgan fingerprint density at radius 3 is 2.72 bits per heavy atom. The first kappa shape index (κ1) is 12.8. The summed E-state index contributed by atoms with van der Waals surface area (Å²) in [6.07, 6.45) is 1.10. The summed E-state index contributed by atoms with van der Waals surface area (Å²) < 4.78 is 18.5. The zero-order valence-electron chi connectivity index (χ0n) is 9.75. The van der Waals surface area contributed by atoms with Crippen LogP contribution in [-0.2, 0) is 4.74 Å². The highest BCUT2D eigenvalue weighted by Gasteiger charge is 2.28.